The van der Waals surface area contributed by atoms with E-state index in [1.165, 1.54) is 0 Å². The minimum absolute atomic E-state index is 0. The number of rotatable bonds is 7. The number of halogens is 2. The maximum absolute atomic E-state index is 12.1. The van der Waals surface area contributed by atoms with Gasteiger partial charge in [0, 0.05) is 12.6 Å². The van der Waals surface area contributed by atoms with E-state index in [-0.39, 0.29) is 42.7 Å². The molecule has 7 heteroatoms. The molecule has 1 aromatic carbocycles. The van der Waals surface area contributed by atoms with E-state index in [1.54, 1.807) is 0 Å². The van der Waals surface area contributed by atoms with Crippen molar-refractivity contribution >= 4 is 36.4 Å². The van der Waals surface area contributed by atoms with Gasteiger partial charge in [0.25, 0.3) is 0 Å². The highest BCUT2D eigenvalue weighted by molar-refractivity contribution is 5.94. The van der Waals surface area contributed by atoms with Crippen LogP contribution in [0.25, 0.3) is 0 Å². The number of carbonyl (C=O) groups excluding carboxylic acids is 1. The van der Waals surface area contributed by atoms with E-state index in [2.05, 4.69) is 5.32 Å². The highest BCUT2D eigenvalue weighted by Crippen LogP contribution is 2.26. The van der Waals surface area contributed by atoms with Crippen molar-refractivity contribution in [2.75, 3.05) is 32.6 Å². The number of ether oxygens (including phenoxy) is 1. The predicted octanol–water partition coefficient (Wildman–Crippen LogP) is 2.70. The number of likely N-dealkylation sites (N-methyl/N-ethyl adjacent to an activating group) is 1. The predicted molar refractivity (Wildman–Crippen MR) is 101 cm³/mol. The molecule has 0 bridgehead atoms. The lowest BCUT2D eigenvalue weighted by Gasteiger charge is -2.18. The van der Waals surface area contributed by atoms with Gasteiger partial charge in [-0.25, -0.2) is 0 Å². The van der Waals surface area contributed by atoms with E-state index in [0.29, 0.717) is 18.0 Å². The summed E-state index contributed by atoms with van der Waals surface area (Å²) in [6.45, 7) is 7.03. The zero-order valence-electron chi connectivity index (χ0n) is 14.5. The van der Waals surface area contributed by atoms with E-state index >= 15 is 0 Å². The Bertz CT molecular complexity index is 482. The smallest absolute Gasteiger partial charge is 0.228 e. The fraction of sp³-hybridized carbons (Fsp3) is 0.562. The molecule has 1 amide bonds. The highest BCUT2D eigenvalue weighted by Gasteiger charge is 2.18. The zero-order valence-corrected chi connectivity index (χ0v) is 16.1. The number of amides is 1. The van der Waals surface area contributed by atoms with Crippen molar-refractivity contribution in [1.29, 1.82) is 0 Å². The maximum Gasteiger partial charge on any atom is 0.228 e. The SMILES string of the molecule is Cc1ccc(NC(=O)C(C)C(C)N)c(OCCN(C)C)c1.Cl.Cl. The summed E-state index contributed by atoms with van der Waals surface area (Å²) in [7, 11) is 3.99. The first-order valence-electron chi connectivity index (χ1n) is 7.26. The fourth-order valence-electron chi connectivity index (χ4n) is 1.68. The Labute approximate surface area is 151 Å². The second-order valence-electron chi connectivity index (χ2n) is 5.79. The summed E-state index contributed by atoms with van der Waals surface area (Å²) in [5, 5.41) is 2.90. The van der Waals surface area contributed by atoms with Gasteiger partial charge in [0.05, 0.1) is 11.6 Å². The molecule has 0 fully saturated rings. The number of anilines is 1. The average Bonchev–Trinajstić information content (AvgIpc) is 2.40. The minimum Gasteiger partial charge on any atom is -0.490 e. The maximum atomic E-state index is 12.1. The summed E-state index contributed by atoms with van der Waals surface area (Å²) in [5.74, 6) is 0.356. The first-order valence-corrected chi connectivity index (χ1v) is 7.26. The molecule has 1 rings (SSSR count). The molecular weight excluding hydrogens is 337 g/mol. The molecule has 23 heavy (non-hydrogen) atoms. The normalized spacial score (nSPS) is 12.7. The van der Waals surface area contributed by atoms with Gasteiger partial charge in [-0.2, -0.15) is 0 Å². The highest BCUT2D eigenvalue weighted by atomic mass is 35.5. The van der Waals surface area contributed by atoms with Gasteiger partial charge in [0.1, 0.15) is 12.4 Å². The Morgan fingerprint density at radius 3 is 2.43 bits per heavy atom. The molecule has 0 aromatic heterocycles. The first-order chi connectivity index (χ1) is 9.81. The van der Waals surface area contributed by atoms with E-state index in [4.69, 9.17) is 10.5 Å². The number of hydrogen-bond donors (Lipinski definition) is 2. The third kappa shape index (κ3) is 8.42. The van der Waals surface area contributed by atoms with Crippen LogP contribution in [0.1, 0.15) is 19.4 Å². The van der Waals surface area contributed by atoms with Gasteiger partial charge in [-0.1, -0.05) is 13.0 Å². The average molecular weight is 366 g/mol. The molecule has 0 aliphatic rings. The molecule has 3 N–H and O–H groups in total. The van der Waals surface area contributed by atoms with Gasteiger partial charge in [0.2, 0.25) is 5.91 Å². The second kappa shape index (κ2) is 11.5. The van der Waals surface area contributed by atoms with Crippen LogP contribution in [0.3, 0.4) is 0 Å². The van der Waals surface area contributed by atoms with E-state index < -0.39 is 0 Å². The van der Waals surface area contributed by atoms with Crippen molar-refractivity contribution in [2.45, 2.75) is 26.8 Å². The van der Waals surface area contributed by atoms with Crippen molar-refractivity contribution in [3.05, 3.63) is 23.8 Å². The molecule has 0 aliphatic carbocycles. The van der Waals surface area contributed by atoms with Crippen LogP contribution in [0.5, 0.6) is 5.75 Å². The lowest BCUT2D eigenvalue weighted by Crippen LogP contribution is -2.34. The van der Waals surface area contributed by atoms with Crippen LogP contribution in [0.15, 0.2) is 18.2 Å². The number of benzene rings is 1. The quantitative estimate of drug-likeness (QED) is 0.779. The van der Waals surface area contributed by atoms with Gasteiger partial charge in [-0.05, 0) is 45.6 Å². The molecule has 1 aromatic rings. The molecule has 0 heterocycles. The molecule has 2 atom stereocenters. The Balaban J connectivity index is 0. The monoisotopic (exact) mass is 365 g/mol. The van der Waals surface area contributed by atoms with E-state index in [0.717, 1.165) is 12.1 Å². The van der Waals surface area contributed by atoms with Crippen molar-refractivity contribution in [3.63, 3.8) is 0 Å². The van der Waals surface area contributed by atoms with Crippen LogP contribution in [0.2, 0.25) is 0 Å². The standard InChI is InChI=1S/C16H27N3O2.2ClH/c1-11-6-7-14(18-16(20)12(2)13(3)17)15(10-11)21-9-8-19(4)5;;/h6-7,10,12-13H,8-9,17H2,1-5H3,(H,18,20);2*1H. The summed E-state index contributed by atoms with van der Waals surface area (Å²) in [4.78, 5) is 14.2. The van der Waals surface area contributed by atoms with Crippen LogP contribution in [-0.4, -0.2) is 44.1 Å². The fourth-order valence-corrected chi connectivity index (χ4v) is 1.68. The topological polar surface area (TPSA) is 67.6 Å². The lowest BCUT2D eigenvalue weighted by atomic mass is 10.0. The molecule has 0 aliphatic heterocycles. The molecule has 0 radical (unpaired) electrons. The van der Waals surface area contributed by atoms with Crippen molar-refractivity contribution in [1.82, 2.24) is 4.90 Å². The zero-order chi connectivity index (χ0) is 16.0. The summed E-state index contributed by atoms with van der Waals surface area (Å²) in [6, 6.07) is 5.56. The van der Waals surface area contributed by atoms with E-state index in [9.17, 15) is 4.79 Å². The molecular formula is C16H29Cl2N3O2. The number of nitrogens with two attached hydrogens (primary N) is 1. The largest absolute Gasteiger partial charge is 0.490 e. The van der Waals surface area contributed by atoms with Gasteiger partial charge < -0.3 is 20.7 Å². The van der Waals surface area contributed by atoms with Crippen molar-refractivity contribution < 1.29 is 9.53 Å². The van der Waals surface area contributed by atoms with E-state index in [1.807, 2.05) is 58.0 Å². The Kier molecular flexibility index (Phi) is 12.1. The van der Waals surface area contributed by atoms with Crippen LogP contribution >= 0.6 is 24.8 Å². The number of nitrogens with one attached hydrogen (secondary N) is 1. The summed E-state index contributed by atoms with van der Waals surface area (Å²) >= 11 is 0. The molecule has 5 nitrogen and oxygen atoms in total. The molecule has 0 spiro atoms. The van der Waals surface area contributed by atoms with Crippen LogP contribution in [0.4, 0.5) is 5.69 Å². The number of carbonyl (C=O) groups is 1. The number of hydrogen-bond acceptors (Lipinski definition) is 4. The number of aryl methyl sites for hydroxylation is 1. The third-order valence-corrected chi connectivity index (χ3v) is 3.39. The Morgan fingerprint density at radius 1 is 1.30 bits per heavy atom. The third-order valence-electron chi connectivity index (χ3n) is 3.39. The lowest BCUT2D eigenvalue weighted by molar-refractivity contribution is -0.119. The summed E-state index contributed by atoms with van der Waals surface area (Å²) in [5.41, 5.74) is 7.55. The van der Waals surface area contributed by atoms with Crippen LogP contribution in [-0.2, 0) is 4.79 Å². The second-order valence-corrected chi connectivity index (χ2v) is 5.79. The van der Waals surface area contributed by atoms with Gasteiger partial charge in [0.15, 0.2) is 0 Å². The van der Waals surface area contributed by atoms with Crippen LogP contribution < -0.4 is 15.8 Å². The molecule has 0 saturated heterocycles. The van der Waals surface area contributed by atoms with Crippen molar-refractivity contribution in [2.24, 2.45) is 11.7 Å². The van der Waals surface area contributed by atoms with Gasteiger partial charge in [-0.15, -0.1) is 24.8 Å². The molecule has 134 valence electrons. The molecule has 0 saturated carbocycles. The molecule has 2 unspecified atom stereocenters. The summed E-state index contributed by atoms with van der Waals surface area (Å²) < 4.78 is 5.78. The number of nitrogens with zero attached hydrogens (tertiary/aromatic N) is 1. The van der Waals surface area contributed by atoms with Crippen molar-refractivity contribution in [3.8, 4) is 5.75 Å². The van der Waals surface area contributed by atoms with Crippen LogP contribution in [0, 0.1) is 12.8 Å². The first kappa shape index (κ1) is 24.2. The Hall–Kier alpha value is -1.01. The minimum atomic E-state index is -0.249. The van der Waals surface area contributed by atoms with Gasteiger partial charge in [-0.3, -0.25) is 4.79 Å². The van der Waals surface area contributed by atoms with Gasteiger partial charge >= 0.3 is 0 Å². The Morgan fingerprint density at radius 2 is 1.91 bits per heavy atom. The summed E-state index contributed by atoms with van der Waals surface area (Å²) in [6.07, 6.45) is 0.